The van der Waals surface area contributed by atoms with Crippen LogP contribution in [0.4, 0.5) is 0 Å². The first-order chi connectivity index (χ1) is 11.0. The second kappa shape index (κ2) is 8.39. The Morgan fingerprint density at radius 3 is 1.74 bits per heavy atom. The van der Waals surface area contributed by atoms with E-state index >= 15 is 0 Å². The first kappa shape index (κ1) is 17.9. The minimum atomic E-state index is -1.11. The van der Waals surface area contributed by atoms with Crippen molar-refractivity contribution in [3.63, 3.8) is 0 Å². The largest absolute Gasteiger partial charge is 0.481 e. The van der Waals surface area contributed by atoms with Gasteiger partial charge in [-0.1, -0.05) is 47.5 Å². The molecule has 0 unspecified atom stereocenters. The van der Waals surface area contributed by atoms with Crippen molar-refractivity contribution < 1.29 is 14.7 Å². The number of ketones is 1. The second-order valence-electron chi connectivity index (χ2n) is 4.90. The van der Waals surface area contributed by atoms with E-state index in [0.717, 1.165) is 11.1 Å². The molecule has 2 aromatic carbocycles. The van der Waals surface area contributed by atoms with Gasteiger partial charge < -0.3 is 5.11 Å². The predicted octanol–water partition coefficient (Wildman–Crippen LogP) is 4.86. The van der Waals surface area contributed by atoms with Crippen molar-refractivity contribution >= 4 is 46.7 Å². The molecule has 2 rings (SSSR count). The number of hydrogen-bond acceptors (Lipinski definition) is 3. The van der Waals surface area contributed by atoms with Gasteiger partial charge in [-0.15, -0.1) is 11.8 Å². The molecule has 0 aliphatic rings. The van der Waals surface area contributed by atoms with E-state index in [1.807, 2.05) is 24.3 Å². The van der Waals surface area contributed by atoms with Crippen molar-refractivity contribution in [2.24, 2.45) is 0 Å². The molecule has 0 radical (unpaired) electrons. The Morgan fingerprint density at radius 1 is 0.913 bits per heavy atom. The SMILES string of the molecule is O=C(O)CC(=O)CSC(c1ccc(Cl)cc1)c1ccc(Cl)cc1. The predicted molar refractivity (Wildman–Crippen MR) is 94.5 cm³/mol. The summed E-state index contributed by atoms with van der Waals surface area (Å²) in [4.78, 5) is 22.3. The Kier molecular flexibility index (Phi) is 6.51. The minimum absolute atomic E-state index is 0.0951. The molecule has 23 heavy (non-hydrogen) atoms. The van der Waals surface area contributed by atoms with Crippen molar-refractivity contribution in [2.75, 3.05) is 5.75 Å². The van der Waals surface area contributed by atoms with Gasteiger partial charge in [0.05, 0.1) is 11.0 Å². The standard InChI is InChI=1S/C17H14Cl2O3S/c18-13-5-1-11(2-6-13)17(12-3-7-14(19)8-4-12)23-10-15(20)9-16(21)22/h1-8,17H,9-10H2,(H,21,22). The summed E-state index contributed by atoms with van der Waals surface area (Å²) in [6.45, 7) is 0. The molecule has 0 atom stereocenters. The zero-order valence-electron chi connectivity index (χ0n) is 12.0. The molecule has 0 aliphatic carbocycles. The number of aliphatic carboxylic acids is 1. The van der Waals surface area contributed by atoms with Crippen molar-refractivity contribution in [3.05, 3.63) is 69.7 Å². The monoisotopic (exact) mass is 368 g/mol. The lowest BCUT2D eigenvalue weighted by atomic mass is 10.0. The van der Waals surface area contributed by atoms with Crippen LogP contribution in [0.15, 0.2) is 48.5 Å². The van der Waals surface area contributed by atoms with Gasteiger partial charge in [-0.3, -0.25) is 9.59 Å². The van der Waals surface area contributed by atoms with Crippen LogP contribution in [0, 0.1) is 0 Å². The van der Waals surface area contributed by atoms with E-state index in [2.05, 4.69) is 0 Å². The van der Waals surface area contributed by atoms with Crippen LogP contribution in [-0.2, 0) is 9.59 Å². The summed E-state index contributed by atoms with van der Waals surface area (Å²) >= 11 is 13.2. The van der Waals surface area contributed by atoms with Crippen LogP contribution in [-0.4, -0.2) is 22.6 Å². The fraction of sp³-hybridized carbons (Fsp3) is 0.176. The molecule has 0 aromatic heterocycles. The van der Waals surface area contributed by atoms with Crippen LogP contribution in [0.2, 0.25) is 10.0 Å². The molecule has 6 heteroatoms. The number of rotatable bonds is 7. The van der Waals surface area contributed by atoms with Gasteiger partial charge in [0, 0.05) is 10.0 Å². The zero-order chi connectivity index (χ0) is 16.8. The number of Topliss-reactive ketones (excluding diaryl/α,β-unsaturated/α-hetero) is 1. The first-order valence-corrected chi connectivity index (χ1v) is 8.62. The van der Waals surface area contributed by atoms with Crippen LogP contribution in [0.1, 0.15) is 22.8 Å². The molecule has 0 heterocycles. The Morgan fingerprint density at radius 2 is 1.35 bits per heavy atom. The van der Waals surface area contributed by atoms with E-state index in [-0.39, 0.29) is 16.8 Å². The molecule has 0 saturated heterocycles. The van der Waals surface area contributed by atoms with Crippen LogP contribution < -0.4 is 0 Å². The van der Waals surface area contributed by atoms with E-state index < -0.39 is 12.4 Å². The summed E-state index contributed by atoms with van der Waals surface area (Å²) in [5, 5.41) is 9.86. The summed E-state index contributed by atoms with van der Waals surface area (Å²) in [6, 6.07) is 14.8. The second-order valence-corrected chi connectivity index (χ2v) is 6.87. The van der Waals surface area contributed by atoms with E-state index in [1.54, 1.807) is 24.3 Å². The maximum atomic E-state index is 11.7. The highest BCUT2D eigenvalue weighted by atomic mass is 35.5. The molecule has 0 fully saturated rings. The average molecular weight is 369 g/mol. The van der Waals surface area contributed by atoms with Gasteiger partial charge in [-0.2, -0.15) is 0 Å². The fourth-order valence-corrected chi connectivity index (χ4v) is 3.46. The van der Waals surface area contributed by atoms with Gasteiger partial charge in [0.25, 0.3) is 0 Å². The summed E-state index contributed by atoms with van der Waals surface area (Å²) in [5.41, 5.74) is 1.98. The number of hydrogen-bond donors (Lipinski definition) is 1. The van der Waals surface area contributed by atoms with Crippen LogP contribution >= 0.6 is 35.0 Å². The highest BCUT2D eigenvalue weighted by molar-refractivity contribution is 8.00. The molecular weight excluding hydrogens is 355 g/mol. The lowest BCUT2D eigenvalue weighted by Gasteiger charge is -2.17. The number of carbonyl (C=O) groups excluding carboxylic acids is 1. The van der Waals surface area contributed by atoms with E-state index in [0.29, 0.717) is 10.0 Å². The van der Waals surface area contributed by atoms with Gasteiger partial charge >= 0.3 is 5.97 Å². The Hall–Kier alpha value is -1.49. The number of carboxylic acid groups (broad SMARTS) is 1. The number of halogens is 2. The third-order valence-electron chi connectivity index (χ3n) is 3.10. The van der Waals surface area contributed by atoms with Crippen molar-refractivity contribution in [1.29, 1.82) is 0 Å². The number of benzene rings is 2. The normalized spacial score (nSPS) is 10.7. The van der Waals surface area contributed by atoms with Crippen LogP contribution in [0.25, 0.3) is 0 Å². The lowest BCUT2D eigenvalue weighted by Crippen LogP contribution is -2.10. The summed E-state index contributed by atoms with van der Waals surface area (Å²) in [5.74, 6) is -1.29. The molecule has 0 bridgehead atoms. The average Bonchev–Trinajstić information content (AvgIpc) is 2.50. The van der Waals surface area contributed by atoms with Crippen molar-refractivity contribution in [1.82, 2.24) is 0 Å². The molecular formula is C17H14Cl2O3S. The molecule has 120 valence electrons. The van der Waals surface area contributed by atoms with Gasteiger partial charge in [-0.25, -0.2) is 0 Å². The third-order valence-corrected chi connectivity index (χ3v) is 4.98. The molecule has 3 nitrogen and oxygen atoms in total. The highest BCUT2D eigenvalue weighted by Gasteiger charge is 2.17. The number of carboxylic acids is 1. The first-order valence-electron chi connectivity index (χ1n) is 6.81. The Balaban J connectivity index is 2.21. The van der Waals surface area contributed by atoms with Gasteiger partial charge in [0.15, 0.2) is 5.78 Å². The lowest BCUT2D eigenvalue weighted by molar-refractivity contribution is -0.139. The van der Waals surface area contributed by atoms with Crippen LogP contribution in [0.3, 0.4) is 0 Å². The maximum absolute atomic E-state index is 11.7. The van der Waals surface area contributed by atoms with E-state index in [4.69, 9.17) is 28.3 Å². The minimum Gasteiger partial charge on any atom is -0.481 e. The molecule has 2 aromatic rings. The topological polar surface area (TPSA) is 54.4 Å². The van der Waals surface area contributed by atoms with E-state index in [1.165, 1.54) is 11.8 Å². The van der Waals surface area contributed by atoms with Gasteiger partial charge in [0.1, 0.15) is 6.42 Å². The smallest absolute Gasteiger partial charge is 0.310 e. The van der Waals surface area contributed by atoms with Crippen molar-refractivity contribution in [3.8, 4) is 0 Å². The molecule has 0 amide bonds. The highest BCUT2D eigenvalue weighted by Crippen LogP contribution is 2.36. The maximum Gasteiger partial charge on any atom is 0.310 e. The molecule has 1 N–H and O–H groups in total. The number of carbonyl (C=O) groups is 2. The Labute approximate surface area is 148 Å². The van der Waals surface area contributed by atoms with Crippen LogP contribution in [0.5, 0.6) is 0 Å². The molecule has 0 spiro atoms. The number of thioether (sulfide) groups is 1. The summed E-state index contributed by atoms with van der Waals surface area (Å²) in [6.07, 6.45) is -0.457. The Bertz CT molecular complexity index is 638. The summed E-state index contributed by atoms with van der Waals surface area (Å²) in [7, 11) is 0. The quantitative estimate of drug-likeness (QED) is 0.709. The molecule has 0 aliphatic heterocycles. The summed E-state index contributed by atoms with van der Waals surface area (Å²) < 4.78 is 0. The molecule has 0 saturated carbocycles. The third kappa shape index (κ3) is 5.57. The van der Waals surface area contributed by atoms with Gasteiger partial charge in [0.2, 0.25) is 0 Å². The zero-order valence-corrected chi connectivity index (χ0v) is 14.4. The van der Waals surface area contributed by atoms with E-state index in [9.17, 15) is 9.59 Å². The fourth-order valence-electron chi connectivity index (χ4n) is 2.06. The van der Waals surface area contributed by atoms with Crippen molar-refractivity contribution in [2.45, 2.75) is 11.7 Å². The van der Waals surface area contributed by atoms with Gasteiger partial charge in [-0.05, 0) is 35.4 Å².